The molecule has 0 fully saturated rings. The molecule has 0 spiro atoms. The molecule has 1 aliphatic rings. The van der Waals surface area contributed by atoms with E-state index in [4.69, 9.17) is 9.84 Å². The molecule has 0 unspecified atom stereocenters. The van der Waals surface area contributed by atoms with Crippen molar-refractivity contribution in [3.63, 3.8) is 0 Å². The van der Waals surface area contributed by atoms with Crippen LogP contribution in [0.4, 0.5) is 4.79 Å². The second kappa shape index (κ2) is 12.2. The molecule has 0 saturated heterocycles. The molecule has 0 radical (unpaired) electrons. The number of carboxylic acids is 1. The largest absolute Gasteiger partial charge is 0.478 e. The first-order chi connectivity index (χ1) is 16.8. The van der Waals surface area contributed by atoms with Crippen LogP contribution in [0.25, 0.3) is 11.1 Å². The molecule has 1 atom stereocenters. The second-order valence-electron chi connectivity index (χ2n) is 9.40. The number of carbonyl (C=O) groups is 3. The number of aliphatic carboxylic acids is 1. The van der Waals surface area contributed by atoms with Crippen molar-refractivity contribution in [1.82, 2.24) is 10.6 Å². The highest BCUT2D eigenvalue weighted by Crippen LogP contribution is 2.44. The highest BCUT2D eigenvalue weighted by atomic mass is 16.5. The SMILES string of the molecule is C/C(=C\CNC(=O)C[C@@H](CNC(=O)OCC1c2ccccc2-c2ccccc21)CC(C)C)C(=O)O. The van der Waals surface area contributed by atoms with Crippen molar-refractivity contribution in [2.24, 2.45) is 11.8 Å². The molecule has 1 aliphatic carbocycles. The second-order valence-corrected chi connectivity index (χ2v) is 9.40. The highest BCUT2D eigenvalue weighted by molar-refractivity contribution is 5.86. The van der Waals surface area contributed by atoms with Gasteiger partial charge in [-0.15, -0.1) is 0 Å². The molecule has 35 heavy (non-hydrogen) atoms. The fraction of sp³-hybridized carbons (Fsp3) is 0.393. The van der Waals surface area contributed by atoms with Crippen molar-refractivity contribution in [3.8, 4) is 11.1 Å². The van der Waals surface area contributed by atoms with Gasteiger partial charge in [-0.2, -0.15) is 0 Å². The summed E-state index contributed by atoms with van der Waals surface area (Å²) in [5.41, 5.74) is 4.84. The standard InChI is InChI=1S/C28H34N2O5/c1-18(2)14-20(15-26(31)29-13-12-19(3)27(32)33)16-30-28(34)35-17-25-23-10-6-4-8-21(23)22-9-5-7-11-24(22)25/h4-12,18,20,25H,13-17H2,1-3H3,(H,29,31)(H,30,34)(H,32,33)/b19-12+/t20-/m0/s1. The first-order valence-corrected chi connectivity index (χ1v) is 12.0. The van der Waals surface area contributed by atoms with Crippen LogP contribution in [0.1, 0.15) is 50.7 Å². The van der Waals surface area contributed by atoms with E-state index >= 15 is 0 Å². The first kappa shape index (κ1) is 26.0. The summed E-state index contributed by atoms with van der Waals surface area (Å²) in [5.74, 6) is -0.900. The van der Waals surface area contributed by atoms with Gasteiger partial charge in [0.25, 0.3) is 0 Å². The van der Waals surface area contributed by atoms with E-state index in [9.17, 15) is 14.4 Å². The predicted octanol–water partition coefficient (Wildman–Crippen LogP) is 4.72. The third-order valence-corrected chi connectivity index (χ3v) is 6.20. The topological polar surface area (TPSA) is 105 Å². The summed E-state index contributed by atoms with van der Waals surface area (Å²) >= 11 is 0. The fourth-order valence-electron chi connectivity index (χ4n) is 4.52. The van der Waals surface area contributed by atoms with Crippen LogP contribution in [0.15, 0.2) is 60.2 Å². The Labute approximate surface area is 206 Å². The van der Waals surface area contributed by atoms with Gasteiger partial charge in [-0.25, -0.2) is 9.59 Å². The van der Waals surface area contributed by atoms with E-state index in [1.54, 1.807) is 0 Å². The average molecular weight is 479 g/mol. The molecule has 0 heterocycles. The number of benzene rings is 2. The summed E-state index contributed by atoms with van der Waals surface area (Å²) in [6.45, 7) is 6.34. The molecule has 0 saturated carbocycles. The third-order valence-electron chi connectivity index (χ3n) is 6.20. The van der Waals surface area contributed by atoms with Crippen LogP contribution < -0.4 is 10.6 Å². The predicted molar refractivity (Wildman–Crippen MR) is 135 cm³/mol. The zero-order chi connectivity index (χ0) is 25.4. The molecular formula is C28H34N2O5. The number of carboxylic acid groups (broad SMARTS) is 1. The van der Waals surface area contributed by atoms with E-state index < -0.39 is 12.1 Å². The Bertz CT molecular complexity index is 1050. The fourth-order valence-corrected chi connectivity index (χ4v) is 4.52. The quantitative estimate of drug-likeness (QED) is 0.405. The summed E-state index contributed by atoms with van der Waals surface area (Å²) < 4.78 is 5.60. The van der Waals surface area contributed by atoms with Gasteiger partial charge in [-0.05, 0) is 47.4 Å². The molecule has 7 nitrogen and oxygen atoms in total. The van der Waals surface area contributed by atoms with Crippen molar-refractivity contribution >= 4 is 18.0 Å². The van der Waals surface area contributed by atoms with Crippen LogP contribution in [0.3, 0.4) is 0 Å². The molecule has 2 aromatic carbocycles. The minimum absolute atomic E-state index is 0.00676. The number of carbonyl (C=O) groups excluding carboxylic acids is 2. The molecule has 0 aromatic heterocycles. The van der Waals surface area contributed by atoms with Crippen molar-refractivity contribution in [2.45, 2.75) is 39.5 Å². The maximum absolute atomic E-state index is 12.5. The highest BCUT2D eigenvalue weighted by Gasteiger charge is 2.29. The summed E-state index contributed by atoms with van der Waals surface area (Å²) in [5, 5.41) is 14.4. The van der Waals surface area contributed by atoms with Crippen LogP contribution in [-0.2, 0) is 14.3 Å². The molecular weight excluding hydrogens is 444 g/mol. The van der Waals surface area contributed by atoms with E-state index in [0.717, 1.165) is 17.5 Å². The number of hydrogen-bond acceptors (Lipinski definition) is 4. The minimum Gasteiger partial charge on any atom is -0.478 e. The van der Waals surface area contributed by atoms with E-state index in [-0.39, 0.29) is 42.9 Å². The van der Waals surface area contributed by atoms with Crippen LogP contribution in [0.5, 0.6) is 0 Å². The van der Waals surface area contributed by atoms with Gasteiger partial charge in [0.2, 0.25) is 5.91 Å². The van der Waals surface area contributed by atoms with Gasteiger partial charge in [0.1, 0.15) is 6.61 Å². The van der Waals surface area contributed by atoms with Gasteiger partial charge in [0.15, 0.2) is 0 Å². The third kappa shape index (κ3) is 7.18. The lowest BCUT2D eigenvalue weighted by atomic mass is 9.93. The lowest BCUT2D eigenvalue weighted by molar-refractivity contribution is -0.132. The molecule has 2 aromatic rings. The van der Waals surface area contributed by atoms with Crippen LogP contribution in [-0.4, -0.2) is 42.8 Å². The van der Waals surface area contributed by atoms with E-state index in [1.807, 2.05) is 24.3 Å². The van der Waals surface area contributed by atoms with Gasteiger partial charge in [-0.3, -0.25) is 4.79 Å². The molecule has 186 valence electrons. The molecule has 0 bridgehead atoms. The van der Waals surface area contributed by atoms with Crippen molar-refractivity contribution in [2.75, 3.05) is 19.7 Å². The van der Waals surface area contributed by atoms with Gasteiger partial charge in [-0.1, -0.05) is 68.5 Å². The Kier molecular flexibility index (Phi) is 9.06. The minimum atomic E-state index is -1.01. The van der Waals surface area contributed by atoms with Crippen LogP contribution in [0, 0.1) is 11.8 Å². The van der Waals surface area contributed by atoms with Crippen LogP contribution in [0.2, 0.25) is 0 Å². The zero-order valence-electron chi connectivity index (χ0n) is 20.5. The summed E-state index contributed by atoms with van der Waals surface area (Å²) in [4.78, 5) is 35.7. The molecule has 0 aliphatic heterocycles. The molecule has 3 rings (SSSR count). The van der Waals surface area contributed by atoms with Gasteiger partial charge in [0.05, 0.1) is 0 Å². The Balaban J connectivity index is 1.51. The lowest BCUT2D eigenvalue weighted by Crippen LogP contribution is -2.34. The first-order valence-electron chi connectivity index (χ1n) is 12.0. The number of ether oxygens (including phenoxy) is 1. The summed E-state index contributed by atoms with van der Waals surface area (Å²) in [7, 11) is 0. The van der Waals surface area contributed by atoms with Crippen molar-refractivity contribution in [3.05, 3.63) is 71.3 Å². The molecule has 3 N–H and O–H groups in total. The molecule has 7 heteroatoms. The van der Waals surface area contributed by atoms with Crippen molar-refractivity contribution < 1.29 is 24.2 Å². The number of rotatable bonds is 11. The van der Waals surface area contributed by atoms with Crippen molar-refractivity contribution in [1.29, 1.82) is 0 Å². The average Bonchev–Trinajstić information content (AvgIpc) is 3.14. The normalized spacial score (nSPS) is 13.7. The zero-order valence-corrected chi connectivity index (χ0v) is 20.5. The summed E-state index contributed by atoms with van der Waals surface area (Å²) in [6.07, 6.45) is 1.97. The Morgan fingerprint density at radius 1 is 1.00 bits per heavy atom. The molecule has 2 amide bonds. The number of amides is 2. The Morgan fingerprint density at radius 2 is 1.60 bits per heavy atom. The monoisotopic (exact) mass is 478 g/mol. The van der Waals surface area contributed by atoms with Gasteiger partial charge >= 0.3 is 12.1 Å². The maximum Gasteiger partial charge on any atom is 0.407 e. The van der Waals surface area contributed by atoms with Gasteiger partial charge in [0, 0.05) is 31.0 Å². The van der Waals surface area contributed by atoms with E-state index in [0.29, 0.717) is 12.5 Å². The number of fused-ring (bicyclic) bond motifs is 3. The van der Waals surface area contributed by atoms with Crippen LogP contribution >= 0.6 is 0 Å². The smallest absolute Gasteiger partial charge is 0.407 e. The Morgan fingerprint density at radius 3 is 2.17 bits per heavy atom. The Hall–Kier alpha value is -3.61. The van der Waals surface area contributed by atoms with Gasteiger partial charge < -0.3 is 20.5 Å². The number of nitrogens with one attached hydrogen (secondary N) is 2. The number of hydrogen-bond donors (Lipinski definition) is 3. The van der Waals surface area contributed by atoms with E-state index in [2.05, 4.69) is 48.7 Å². The number of alkyl carbamates (subject to hydrolysis) is 1. The maximum atomic E-state index is 12.5. The van der Waals surface area contributed by atoms with E-state index in [1.165, 1.54) is 24.1 Å². The summed E-state index contributed by atoms with van der Waals surface area (Å²) in [6, 6.07) is 16.4. The lowest BCUT2D eigenvalue weighted by Gasteiger charge is -2.20.